The van der Waals surface area contributed by atoms with Gasteiger partial charge in [0.15, 0.2) is 6.17 Å². The minimum Gasteiger partial charge on any atom is -0.511 e. The van der Waals surface area contributed by atoms with Gasteiger partial charge in [-0.05, 0) is 44.5 Å². The molecule has 1 aliphatic rings. The van der Waals surface area contributed by atoms with E-state index in [1.807, 2.05) is 0 Å². The maximum Gasteiger partial charge on any atom is 0.310 e. The summed E-state index contributed by atoms with van der Waals surface area (Å²) < 4.78 is 5.91. The van der Waals surface area contributed by atoms with Crippen LogP contribution < -0.4 is 0 Å². The lowest BCUT2D eigenvalue weighted by Gasteiger charge is -2.52. The van der Waals surface area contributed by atoms with E-state index in [0.717, 1.165) is 24.1 Å². The molecule has 0 aliphatic carbocycles. The first-order valence-corrected chi connectivity index (χ1v) is 10.2. The molecule has 1 heterocycles. The third-order valence-electron chi connectivity index (χ3n) is 5.94. The Morgan fingerprint density at radius 2 is 1.87 bits per heavy atom. The van der Waals surface area contributed by atoms with Gasteiger partial charge in [-0.1, -0.05) is 0 Å². The number of amides is 1. The third kappa shape index (κ3) is 5.35. The zero-order valence-corrected chi connectivity index (χ0v) is 17.7. The summed E-state index contributed by atoms with van der Waals surface area (Å²) in [5.74, 6) is -0.576. The van der Waals surface area contributed by atoms with Crippen molar-refractivity contribution >= 4 is 17.6 Å². The maximum absolute atomic E-state index is 12.1. The van der Waals surface area contributed by atoms with Gasteiger partial charge in [-0.3, -0.25) is 24.6 Å². The number of likely N-dealkylation sites (tertiary alicyclic amines) is 1. The van der Waals surface area contributed by atoms with Crippen LogP contribution in [0.5, 0.6) is 0 Å². The number of ether oxygens (including phenoxy) is 1. The molecule has 0 radical (unpaired) electrons. The smallest absolute Gasteiger partial charge is 0.310 e. The molecule has 1 amide bonds. The number of nitro benzene ring substituents is 1. The van der Waals surface area contributed by atoms with Crippen molar-refractivity contribution in [3.63, 3.8) is 0 Å². The highest BCUT2D eigenvalue weighted by Gasteiger charge is 2.48. The monoisotopic (exact) mass is 420 g/mol. The lowest BCUT2D eigenvalue weighted by molar-refractivity contribution is -0.959. The molecule has 0 aromatic heterocycles. The summed E-state index contributed by atoms with van der Waals surface area (Å²) in [5.41, 5.74) is 0.595. The average Bonchev–Trinajstić information content (AvgIpc) is 2.75. The molecule has 9 nitrogen and oxygen atoms in total. The topological polar surface area (TPSA) is 110 Å². The number of nitro groups is 1. The molecular weight excluding hydrogens is 390 g/mol. The molecule has 9 heteroatoms. The number of esters is 1. The van der Waals surface area contributed by atoms with E-state index in [4.69, 9.17) is 4.74 Å². The number of aliphatic hydroxyl groups excluding tert-OH is 1. The van der Waals surface area contributed by atoms with Crippen molar-refractivity contribution in [1.29, 1.82) is 0 Å². The molecular formula is C21H30N3O6+. The number of non-ortho nitro benzene ring substituents is 1. The van der Waals surface area contributed by atoms with Gasteiger partial charge >= 0.3 is 5.97 Å². The number of aliphatic hydroxyl groups is 1. The van der Waals surface area contributed by atoms with Crippen LogP contribution in [0.15, 0.2) is 36.1 Å². The van der Waals surface area contributed by atoms with Crippen molar-refractivity contribution in [2.24, 2.45) is 0 Å². The summed E-state index contributed by atoms with van der Waals surface area (Å²) in [4.78, 5) is 35.8. The zero-order chi connectivity index (χ0) is 22.3. The fourth-order valence-electron chi connectivity index (χ4n) is 3.80. The van der Waals surface area contributed by atoms with E-state index < -0.39 is 10.9 Å². The second-order valence-corrected chi connectivity index (χ2v) is 7.36. The number of rotatable bonds is 11. The second kappa shape index (κ2) is 10.2. The summed E-state index contributed by atoms with van der Waals surface area (Å²) in [6.45, 7) is 9.09. The van der Waals surface area contributed by atoms with E-state index in [1.54, 1.807) is 4.90 Å². The molecule has 1 N–H and O–H groups in total. The SMILES string of the molecule is CC[N+](CC)(CC)C1CC(=O)N1CC(O)=CCC(=O)OCc1ccc([N+](=O)[O-])cc1. The first-order valence-electron chi connectivity index (χ1n) is 10.2. The molecule has 1 aromatic carbocycles. The van der Waals surface area contributed by atoms with Crippen LogP contribution in [0.25, 0.3) is 0 Å². The normalized spacial score (nSPS) is 16.9. The summed E-state index contributed by atoms with van der Waals surface area (Å²) in [6, 6.07) is 5.73. The molecule has 1 aliphatic heterocycles. The quantitative estimate of drug-likeness (QED) is 0.147. The second-order valence-electron chi connectivity index (χ2n) is 7.36. The minimum atomic E-state index is -0.535. The molecule has 0 saturated carbocycles. The lowest BCUT2D eigenvalue weighted by Crippen LogP contribution is -2.70. The van der Waals surface area contributed by atoms with Gasteiger partial charge in [0, 0.05) is 12.1 Å². The Morgan fingerprint density at radius 1 is 1.27 bits per heavy atom. The fourth-order valence-corrected chi connectivity index (χ4v) is 3.80. The van der Waals surface area contributed by atoms with Crippen LogP contribution in [-0.4, -0.2) is 63.6 Å². The van der Waals surface area contributed by atoms with Crippen LogP contribution in [0, 0.1) is 10.1 Å². The number of benzene rings is 1. The molecule has 0 bridgehead atoms. The lowest BCUT2D eigenvalue weighted by atomic mass is 10.0. The number of hydrogen-bond acceptors (Lipinski definition) is 6. The molecule has 0 spiro atoms. The Labute approximate surface area is 176 Å². The molecule has 1 unspecified atom stereocenters. The van der Waals surface area contributed by atoms with Gasteiger partial charge < -0.3 is 14.3 Å². The van der Waals surface area contributed by atoms with Gasteiger partial charge in [0.2, 0.25) is 5.91 Å². The number of quaternary nitrogens is 1. The first kappa shape index (κ1) is 23.3. The largest absolute Gasteiger partial charge is 0.511 e. The van der Waals surface area contributed by atoms with Crippen molar-refractivity contribution < 1.29 is 28.8 Å². The highest BCUT2D eigenvalue weighted by molar-refractivity contribution is 5.82. The van der Waals surface area contributed by atoms with E-state index in [-0.39, 0.29) is 43.1 Å². The van der Waals surface area contributed by atoms with Crippen LogP contribution in [0.2, 0.25) is 0 Å². The fraction of sp³-hybridized carbons (Fsp3) is 0.524. The Bertz CT molecular complexity index is 793. The molecule has 1 fully saturated rings. The van der Waals surface area contributed by atoms with Gasteiger partial charge in [0.1, 0.15) is 12.4 Å². The molecule has 1 saturated heterocycles. The van der Waals surface area contributed by atoms with Crippen LogP contribution in [0.3, 0.4) is 0 Å². The predicted molar refractivity (Wildman–Crippen MR) is 110 cm³/mol. The Morgan fingerprint density at radius 3 is 2.37 bits per heavy atom. The average molecular weight is 420 g/mol. The molecule has 30 heavy (non-hydrogen) atoms. The van der Waals surface area contributed by atoms with E-state index in [1.165, 1.54) is 30.3 Å². The van der Waals surface area contributed by atoms with Crippen LogP contribution >= 0.6 is 0 Å². The molecule has 164 valence electrons. The van der Waals surface area contributed by atoms with Crippen molar-refractivity contribution in [3.8, 4) is 0 Å². The standard InChI is InChI=1S/C21H29N3O6/c1-4-24(5-2,6-3)19-13-20(26)22(19)14-18(25)11-12-21(27)30-15-16-7-9-17(10-8-16)23(28)29/h7-11,19H,4-6,12-15H2,1-3H3/p+1. The van der Waals surface area contributed by atoms with Crippen LogP contribution in [0.1, 0.15) is 39.2 Å². The summed E-state index contributed by atoms with van der Waals surface area (Å²) in [7, 11) is 0. The van der Waals surface area contributed by atoms with Crippen LogP contribution in [0.4, 0.5) is 5.69 Å². The number of β-lactam (4-membered cyclic amide) rings is 1. The highest BCUT2D eigenvalue weighted by Crippen LogP contribution is 2.29. The number of carbonyl (C=O) groups excluding carboxylic acids is 2. The first-order chi connectivity index (χ1) is 14.3. The summed E-state index contributed by atoms with van der Waals surface area (Å²) in [5, 5.41) is 20.9. The van der Waals surface area contributed by atoms with E-state index in [2.05, 4.69) is 20.8 Å². The van der Waals surface area contributed by atoms with Crippen molar-refractivity contribution in [2.75, 3.05) is 26.2 Å². The van der Waals surface area contributed by atoms with E-state index in [0.29, 0.717) is 12.0 Å². The van der Waals surface area contributed by atoms with Gasteiger partial charge in [-0.15, -0.1) is 0 Å². The van der Waals surface area contributed by atoms with Gasteiger partial charge in [0.25, 0.3) is 5.69 Å². The van der Waals surface area contributed by atoms with Gasteiger partial charge in [0.05, 0.1) is 43.9 Å². The molecule has 2 rings (SSSR count). The highest BCUT2D eigenvalue weighted by atomic mass is 16.6. The molecule has 1 atom stereocenters. The maximum atomic E-state index is 12.1. The molecule has 1 aromatic rings. The van der Waals surface area contributed by atoms with Crippen LogP contribution in [-0.2, 0) is 20.9 Å². The van der Waals surface area contributed by atoms with Crippen molar-refractivity contribution in [1.82, 2.24) is 4.90 Å². The van der Waals surface area contributed by atoms with E-state index in [9.17, 15) is 24.8 Å². The van der Waals surface area contributed by atoms with Crippen molar-refractivity contribution in [3.05, 3.63) is 51.8 Å². The Hall–Kier alpha value is -2.94. The predicted octanol–water partition coefficient (Wildman–Crippen LogP) is 2.90. The Kier molecular flexibility index (Phi) is 7.93. The van der Waals surface area contributed by atoms with Crippen molar-refractivity contribution in [2.45, 2.75) is 46.4 Å². The Balaban J connectivity index is 1.86. The third-order valence-corrected chi connectivity index (χ3v) is 5.94. The van der Waals surface area contributed by atoms with Gasteiger partial charge in [-0.2, -0.15) is 0 Å². The minimum absolute atomic E-state index is 0.00134. The number of hydrogen-bond donors (Lipinski definition) is 1. The summed E-state index contributed by atoms with van der Waals surface area (Å²) >= 11 is 0. The van der Waals surface area contributed by atoms with Gasteiger partial charge in [-0.25, -0.2) is 0 Å². The van der Waals surface area contributed by atoms with E-state index >= 15 is 0 Å². The zero-order valence-electron chi connectivity index (χ0n) is 17.7. The number of carbonyl (C=O) groups is 2. The summed E-state index contributed by atoms with van der Waals surface area (Å²) in [6.07, 6.45) is 1.75. The number of nitrogens with zero attached hydrogens (tertiary/aromatic N) is 3.